The van der Waals surface area contributed by atoms with Gasteiger partial charge in [-0.15, -0.1) is 0 Å². The Bertz CT molecular complexity index is 606. The van der Waals surface area contributed by atoms with E-state index >= 15 is 0 Å². The van der Waals surface area contributed by atoms with Gasteiger partial charge < -0.3 is 10.6 Å². The molecule has 2 aromatic rings. The van der Waals surface area contributed by atoms with Crippen molar-refractivity contribution in [2.24, 2.45) is 0 Å². The summed E-state index contributed by atoms with van der Waals surface area (Å²) in [5.74, 6) is 1.47. The fourth-order valence-electron chi connectivity index (χ4n) is 1.98. The van der Waals surface area contributed by atoms with E-state index in [1.54, 1.807) is 18.5 Å². The highest BCUT2D eigenvalue weighted by molar-refractivity contribution is 5.92. The lowest BCUT2D eigenvalue weighted by molar-refractivity contribution is -0.116. The van der Waals surface area contributed by atoms with Crippen molar-refractivity contribution >= 4 is 11.6 Å². The number of hydrogen-bond acceptors (Lipinski definition) is 4. The molecule has 1 amide bonds. The molecular formula is C15H21N5O. The predicted molar refractivity (Wildman–Crippen MR) is 82.5 cm³/mol. The first kappa shape index (κ1) is 15.2. The minimum absolute atomic E-state index is 0.0323. The summed E-state index contributed by atoms with van der Waals surface area (Å²) in [5.41, 5.74) is 0.688. The molecule has 2 aromatic heterocycles. The number of pyridine rings is 1. The van der Waals surface area contributed by atoms with Gasteiger partial charge in [0.15, 0.2) is 5.82 Å². The van der Waals surface area contributed by atoms with Crippen molar-refractivity contribution in [2.45, 2.75) is 33.2 Å². The molecule has 0 saturated heterocycles. The number of amides is 1. The molecule has 0 aliphatic carbocycles. The number of aromatic nitrogens is 3. The highest BCUT2D eigenvalue weighted by Gasteiger charge is 2.10. The average Bonchev–Trinajstić information content (AvgIpc) is 2.85. The highest BCUT2D eigenvalue weighted by atomic mass is 16.1. The summed E-state index contributed by atoms with van der Waals surface area (Å²) in [6.07, 6.45) is 5.66. The maximum absolute atomic E-state index is 12.0. The van der Waals surface area contributed by atoms with Gasteiger partial charge in [-0.3, -0.25) is 9.36 Å². The highest BCUT2D eigenvalue weighted by Crippen LogP contribution is 2.18. The first-order chi connectivity index (χ1) is 10.1. The normalized spacial score (nSPS) is 10.9. The maximum atomic E-state index is 12.0. The van der Waals surface area contributed by atoms with E-state index in [9.17, 15) is 4.79 Å². The molecule has 0 bridgehead atoms. The Morgan fingerprint density at radius 2 is 2.14 bits per heavy atom. The summed E-state index contributed by atoms with van der Waals surface area (Å²) < 4.78 is 1.85. The summed E-state index contributed by atoms with van der Waals surface area (Å²) >= 11 is 0. The molecule has 0 aliphatic rings. The lowest BCUT2D eigenvalue weighted by Gasteiger charge is -2.12. The van der Waals surface area contributed by atoms with Crippen LogP contribution in [0.1, 0.15) is 26.1 Å². The molecule has 6 heteroatoms. The summed E-state index contributed by atoms with van der Waals surface area (Å²) in [6, 6.07) is 4.02. The van der Waals surface area contributed by atoms with Crippen molar-refractivity contribution in [3.05, 3.63) is 36.5 Å². The molecule has 0 radical (unpaired) electrons. The van der Waals surface area contributed by atoms with Crippen LogP contribution in [0.3, 0.4) is 0 Å². The molecule has 0 atom stereocenters. The molecule has 0 aromatic carbocycles. The van der Waals surface area contributed by atoms with Crippen LogP contribution in [0.5, 0.6) is 0 Å². The smallest absolute Gasteiger partial charge is 0.225 e. The molecule has 21 heavy (non-hydrogen) atoms. The molecule has 112 valence electrons. The van der Waals surface area contributed by atoms with Crippen LogP contribution >= 0.6 is 0 Å². The standard InChI is InChI=1S/C15H21N5O/c1-11(2)16-8-6-14(21)19-13-5-4-7-18-15(13)20-10-9-17-12(20)3/h4-5,7,9-11,16H,6,8H2,1-3H3,(H,19,21). The average molecular weight is 287 g/mol. The Morgan fingerprint density at radius 1 is 1.33 bits per heavy atom. The summed E-state index contributed by atoms with van der Waals surface area (Å²) in [4.78, 5) is 20.5. The lowest BCUT2D eigenvalue weighted by Crippen LogP contribution is -2.27. The van der Waals surface area contributed by atoms with Crippen molar-refractivity contribution in [2.75, 3.05) is 11.9 Å². The van der Waals surface area contributed by atoms with Crippen LogP contribution in [0.25, 0.3) is 5.82 Å². The molecular weight excluding hydrogens is 266 g/mol. The van der Waals surface area contributed by atoms with E-state index < -0.39 is 0 Å². The molecule has 6 nitrogen and oxygen atoms in total. The van der Waals surface area contributed by atoms with Crippen LogP contribution in [0.4, 0.5) is 5.69 Å². The largest absolute Gasteiger partial charge is 0.323 e. The second kappa shape index (κ2) is 6.99. The second-order valence-corrected chi connectivity index (χ2v) is 5.13. The van der Waals surface area contributed by atoms with E-state index in [1.165, 1.54) is 0 Å². The fourth-order valence-corrected chi connectivity index (χ4v) is 1.98. The minimum Gasteiger partial charge on any atom is -0.323 e. The number of rotatable bonds is 6. The Balaban J connectivity index is 2.07. The van der Waals surface area contributed by atoms with Crippen LogP contribution in [0.15, 0.2) is 30.7 Å². The number of hydrogen-bond donors (Lipinski definition) is 2. The predicted octanol–water partition coefficient (Wildman–Crippen LogP) is 1.90. The third-order valence-electron chi connectivity index (χ3n) is 3.02. The summed E-state index contributed by atoms with van der Waals surface area (Å²) in [6.45, 7) is 6.66. The molecule has 2 N–H and O–H groups in total. The number of anilines is 1. The number of imidazole rings is 1. The van der Waals surface area contributed by atoms with Gasteiger partial charge in [-0.05, 0) is 19.1 Å². The monoisotopic (exact) mass is 287 g/mol. The van der Waals surface area contributed by atoms with Crippen molar-refractivity contribution in [1.29, 1.82) is 0 Å². The van der Waals surface area contributed by atoms with Gasteiger partial charge in [0.05, 0.1) is 5.69 Å². The van der Waals surface area contributed by atoms with Gasteiger partial charge in [0.25, 0.3) is 0 Å². The third kappa shape index (κ3) is 4.13. The molecule has 2 heterocycles. The van der Waals surface area contributed by atoms with Gasteiger partial charge in [0, 0.05) is 37.6 Å². The van der Waals surface area contributed by atoms with Crippen LogP contribution in [-0.4, -0.2) is 33.0 Å². The first-order valence-corrected chi connectivity index (χ1v) is 7.06. The quantitative estimate of drug-likeness (QED) is 0.851. The van der Waals surface area contributed by atoms with E-state index in [0.29, 0.717) is 30.5 Å². The number of aryl methyl sites for hydroxylation is 1. The third-order valence-corrected chi connectivity index (χ3v) is 3.02. The van der Waals surface area contributed by atoms with Gasteiger partial charge in [0.2, 0.25) is 5.91 Å². The van der Waals surface area contributed by atoms with Gasteiger partial charge >= 0.3 is 0 Å². The number of carbonyl (C=O) groups is 1. The number of nitrogens with zero attached hydrogens (tertiary/aromatic N) is 3. The summed E-state index contributed by atoms with van der Waals surface area (Å²) in [5, 5.41) is 6.13. The number of nitrogens with one attached hydrogen (secondary N) is 2. The van der Waals surface area contributed by atoms with Crippen LogP contribution in [0.2, 0.25) is 0 Å². The van der Waals surface area contributed by atoms with Gasteiger partial charge in [0.1, 0.15) is 5.82 Å². The topological polar surface area (TPSA) is 71.8 Å². The van der Waals surface area contributed by atoms with E-state index in [1.807, 2.05) is 23.8 Å². The van der Waals surface area contributed by atoms with Crippen molar-refractivity contribution in [3.63, 3.8) is 0 Å². The molecule has 0 unspecified atom stereocenters. The van der Waals surface area contributed by atoms with Gasteiger partial charge in [-0.1, -0.05) is 13.8 Å². The summed E-state index contributed by atoms with van der Waals surface area (Å²) in [7, 11) is 0. The Labute approximate surface area is 124 Å². The van der Waals surface area contributed by atoms with Gasteiger partial charge in [-0.2, -0.15) is 0 Å². The van der Waals surface area contributed by atoms with E-state index in [2.05, 4.69) is 34.4 Å². The van der Waals surface area contributed by atoms with Crippen LogP contribution in [-0.2, 0) is 4.79 Å². The zero-order chi connectivity index (χ0) is 15.2. The Morgan fingerprint density at radius 3 is 2.81 bits per heavy atom. The lowest BCUT2D eigenvalue weighted by atomic mass is 10.3. The van der Waals surface area contributed by atoms with Gasteiger partial charge in [-0.25, -0.2) is 9.97 Å². The zero-order valence-electron chi connectivity index (χ0n) is 12.6. The van der Waals surface area contributed by atoms with Crippen LogP contribution in [0, 0.1) is 6.92 Å². The minimum atomic E-state index is -0.0323. The zero-order valence-corrected chi connectivity index (χ0v) is 12.6. The first-order valence-electron chi connectivity index (χ1n) is 7.06. The molecule has 2 rings (SSSR count). The van der Waals surface area contributed by atoms with Crippen molar-refractivity contribution < 1.29 is 4.79 Å². The van der Waals surface area contributed by atoms with Crippen molar-refractivity contribution in [3.8, 4) is 5.82 Å². The van der Waals surface area contributed by atoms with E-state index in [0.717, 1.165) is 5.82 Å². The maximum Gasteiger partial charge on any atom is 0.225 e. The molecule has 0 saturated carbocycles. The second-order valence-electron chi connectivity index (χ2n) is 5.13. The van der Waals surface area contributed by atoms with Crippen LogP contribution < -0.4 is 10.6 Å². The Kier molecular flexibility index (Phi) is 5.05. The Hall–Kier alpha value is -2.21. The number of carbonyl (C=O) groups excluding carboxylic acids is 1. The van der Waals surface area contributed by atoms with E-state index in [-0.39, 0.29) is 5.91 Å². The fraction of sp³-hybridized carbons (Fsp3) is 0.400. The molecule has 0 aliphatic heterocycles. The van der Waals surface area contributed by atoms with E-state index in [4.69, 9.17) is 0 Å². The molecule has 0 fully saturated rings. The van der Waals surface area contributed by atoms with Crippen molar-refractivity contribution in [1.82, 2.24) is 19.9 Å². The SMILES string of the molecule is Cc1nccn1-c1ncccc1NC(=O)CCNC(C)C. The molecule has 0 spiro atoms.